The zero-order chi connectivity index (χ0) is 21.6. The second-order valence-electron chi connectivity index (χ2n) is 9.55. The van der Waals surface area contributed by atoms with E-state index in [9.17, 15) is 9.59 Å². The lowest BCUT2D eigenvalue weighted by Gasteiger charge is -2.36. The van der Waals surface area contributed by atoms with Gasteiger partial charge in [-0.05, 0) is 51.2 Å². The van der Waals surface area contributed by atoms with E-state index in [-0.39, 0.29) is 18.0 Å². The Morgan fingerprint density at radius 3 is 2.19 bits per heavy atom. The molecule has 1 saturated carbocycles. The highest BCUT2D eigenvalue weighted by molar-refractivity contribution is 5.79. The average Bonchev–Trinajstić information content (AvgIpc) is 3.07. The fourth-order valence-electron chi connectivity index (χ4n) is 5.25. The molecule has 0 radical (unpaired) electrons. The van der Waals surface area contributed by atoms with Gasteiger partial charge in [-0.3, -0.25) is 4.79 Å². The van der Waals surface area contributed by atoms with Crippen LogP contribution in [0.1, 0.15) is 56.9 Å². The monoisotopic (exact) mass is 426 g/mol. The molecule has 6 heteroatoms. The number of carbonyl (C=O) groups excluding carboxylic acids is 2. The molecule has 0 spiro atoms. The molecule has 6 nitrogen and oxygen atoms in total. The number of benzene rings is 1. The Morgan fingerprint density at radius 2 is 1.48 bits per heavy atom. The summed E-state index contributed by atoms with van der Waals surface area (Å²) in [5, 5.41) is 3.25. The molecule has 0 aromatic heterocycles. The van der Waals surface area contributed by atoms with Crippen LogP contribution >= 0.6 is 0 Å². The topological polar surface area (TPSA) is 55.9 Å². The number of hydrogen-bond donors (Lipinski definition) is 1. The first kappa shape index (κ1) is 22.0. The van der Waals surface area contributed by atoms with Gasteiger partial charge < -0.3 is 20.0 Å². The van der Waals surface area contributed by atoms with Crippen LogP contribution in [0.25, 0.3) is 0 Å². The van der Waals surface area contributed by atoms with Crippen molar-refractivity contribution in [2.75, 3.05) is 44.2 Å². The van der Waals surface area contributed by atoms with E-state index in [0.29, 0.717) is 5.91 Å². The van der Waals surface area contributed by atoms with Gasteiger partial charge in [0.05, 0.1) is 0 Å². The Labute approximate surface area is 187 Å². The van der Waals surface area contributed by atoms with Crippen molar-refractivity contribution < 1.29 is 9.59 Å². The molecule has 1 aliphatic carbocycles. The van der Waals surface area contributed by atoms with Crippen molar-refractivity contribution in [3.8, 4) is 0 Å². The van der Waals surface area contributed by atoms with E-state index in [2.05, 4.69) is 41.4 Å². The van der Waals surface area contributed by atoms with Gasteiger partial charge in [-0.15, -0.1) is 0 Å². The van der Waals surface area contributed by atoms with Crippen molar-refractivity contribution >= 4 is 17.6 Å². The van der Waals surface area contributed by atoms with Crippen molar-refractivity contribution in [3.05, 3.63) is 29.8 Å². The molecule has 0 bridgehead atoms. The van der Waals surface area contributed by atoms with Crippen LogP contribution in [0.5, 0.6) is 0 Å². The first-order chi connectivity index (χ1) is 15.1. The van der Waals surface area contributed by atoms with Gasteiger partial charge in [-0.25, -0.2) is 4.79 Å². The Bertz CT molecular complexity index is 736. The van der Waals surface area contributed by atoms with Crippen LogP contribution in [0.2, 0.25) is 0 Å². The summed E-state index contributed by atoms with van der Waals surface area (Å²) < 4.78 is 0. The molecule has 170 valence electrons. The van der Waals surface area contributed by atoms with Crippen LogP contribution in [0, 0.1) is 12.8 Å². The maximum absolute atomic E-state index is 12.9. The number of nitrogens with zero attached hydrogens (tertiary/aromatic N) is 3. The van der Waals surface area contributed by atoms with Gasteiger partial charge in [0.25, 0.3) is 0 Å². The van der Waals surface area contributed by atoms with Crippen LogP contribution in [0.4, 0.5) is 10.5 Å². The molecule has 1 aromatic rings. The average molecular weight is 427 g/mol. The van der Waals surface area contributed by atoms with E-state index < -0.39 is 0 Å². The number of carbonyl (C=O) groups is 2. The highest BCUT2D eigenvalue weighted by Gasteiger charge is 2.30. The third kappa shape index (κ3) is 5.72. The highest BCUT2D eigenvalue weighted by atomic mass is 16.2. The van der Waals surface area contributed by atoms with Crippen LogP contribution in [-0.4, -0.2) is 67.0 Å². The van der Waals surface area contributed by atoms with Crippen molar-refractivity contribution in [1.82, 2.24) is 15.1 Å². The summed E-state index contributed by atoms with van der Waals surface area (Å²) in [5.74, 6) is 0.599. The zero-order valence-corrected chi connectivity index (χ0v) is 19.0. The van der Waals surface area contributed by atoms with Crippen molar-refractivity contribution in [3.63, 3.8) is 0 Å². The third-order valence-electron chi connectivity index (χ3n) is 7.27. The van der Waals surface area contributed by atoms with Gasteiger partial charge in [0, 0.05) is 56.9 Å². The minimum absolute atomic E-state index is 0.0582. The first-order valence-corrected chi connectivity index (χ1v) is 12.3. The molecule has 4 rings (SSSR count). The van der Waals surface area contributed by atoms with Crippen molar-refractivity contribution in [1.29, 1.82) is 0 Å². The normalized spacial score (nSPS) is 21.6. The maximum Gasteiger partial charge on any atom is 0.317 e. The fraction of sp³-hybridized carbons (Fsp3) is 0.680. The van der Waals surface area contributed by atoms with Gasteiger partial charge in [0.2, 0.25) is 5.91 Å². The molecule has 1 aromatic carbocycles. The number of nitrogens with one attached hydrogen (secondary N) is 1. The number of amides is 3. The van der Waals surface area contributed by atoms with Crippen LogP contribution in [0.15, 0.2) is 24.3 Å². The lowest BCUT2D eigenvalue weighted by atomic mass is 9.87. The van der Waals surface area contributed by atoms with E-state index in [4.69, 9.17) is 0 Å². The molecular formula is C25H38N4O2. The predicted octanol–water partition coefficient (Wildman–Crippen LogP) is 3.79. The smallest absolute Gasteiger partial charge is 0.317 e. The molecule has 2 saturated heterocycles. The van der Waals surface area contributed by atoms with Crippen LogP contribution < -0.4 is 10.2 Å². The molecule has 2 heterocycles. The Morgan fingerprint density at radius 1 is 0.774 bits per heavy atom. The number of anilines is 1. The van der Waals surface area contributed by atoms with Gasteiger partial charge in [-0.2, -0.15) is 0 Å². The summed E-state index contributed by atoms with van der Waals surface area (Å²) >= 11 is 0. The largest absolute Gasteiger partial charge is 0.370 e. The number of likely N-dealkylation sites (tertiary alicyclic amines) is 1. The van der Waals surface area contributed by atoms with Gasteiger partial charge >= 0.3 is 6.03 Å². The summed E-state index contributed by atoms with van der Waals surface area (Å²) in [6, 6.07) is 8.88. The fourth-order valence-corrected chi connectivity index (χ4v) is 5.25. The summed E-state index contributed by atoms with van der Waals surface area (Å²) in [4.78, 5) is 32.0. The summed E-state index contributed by atoms with van der Waals surface area (Å²) in [7, 11) is 0. The Kier molecular flexibility index (Phi) is 7.36. The Balaban J connectivity index is 1.22. The second-order valence-corrected chi connectivity index (χ2v) is 9.55. The number of piperidine rings is 1. The number of rotatable bonds is 3. The standard InChI is InChI=1S/C25H38N4O2/c1-20-8-10-23(11-9-20)27-14-5-15-29(19-18-27)25(31)26-22-12-16-28(17-13-22)24(30)21-6-3-2-4-7-21/h8-11,21-22H,2-7,12-19H2,1H3,(H,26,31). The van der Waals surface area contributed by atoms with Gasteiger partial charge in [0.15, 0.2) is 0 Å². The van der Waals surface area contributed by atoms with E-state index in [1.807, 2.05) is 9.80 Å². The van der Waals surface area contributed by atoms with Crippen molar-refractivity contribution in [2.24, 2.45) is 5.92 Å². The lowest BCUT2D eigenvalue weighted by molar-refractivity contribution is -0.137. The molecule has 0 unspecified atom stereocenters. The van der Waals surface area contributed by atoms with Crippen molar-refractivity contribution in [2.45, 2.75) is 64.3 Å². The molecule has 2 aliphatic heterocycles. The van der Waals surface area contributed by atoms with Crippen LogP contribution in [0.3, 0.4) is 0 Å². The van der Waals surface area contributed by atoms with E-state index >= 15 is 0 Å². The minimum atomic E-state index is 0.0582. The molecule has 3 fully saturated rings. The van der Waals surface area contributed by atoms with E-state index in [0.717, 1.165) is 71.4 Å². The molecule has 1 N–H and O–H groups in total. The molecule has 3 aliphatic rings. The quantitative estimate of drug-likeness (QED) is 0.800. The number of aryl methyl sites for hydroxylation is 1. The summed E-state index contributed by atoms with van der Waals surface area (Å²) in [6.07, 6.45) is 8.50. The molecule has 3 amide bonds. The molecule has 0 atom stereocenters. The zero-order valence-electron chi connectivity index (χ0n) is 19.0. The lowest BCUT2D eigenvalue weighted by Crippen LogP contribution is -2.51. The maximum atomic E-state index is 12.9. The number of hydrogen-bond acceptors (Lipinski definition) is 3. The predicted molar refractivity (Wildman–Crippen MR) is 124 cm³/mol. The van der Waals surface area contributed by atoms with E-state index in [1.54, 1.807) is 0 Å². The molecular weight excluding hydrogens is 388 g/mol. The third-order valence-corrected chi connectivity index (χ3v) is 7.27. The Hall–Kier alpha value is -2.24. The molecule has 31 heavy (non-hydrogen) atoms. The summed E-state index contributed by atoms with van der Waals surface area (Å²) in [5.41, 5.74) is 2.51. The summed E-state index contributed by atoms with van der Waals surface area (Å²) in [6.45, 7) is 7.06. The second kappa shape index (κ2) is 10.4. The van der Waals surface area contributed by atoms with Gasteiger partial charge in [0.1, 0.15) is 0 Å². The van der Waals surface area contributed by atoms with E-state index in [1.165, 1.54) is 30.5 Å². The SMILES string of the molecule is Cc1ccc(N2CCCN(C(=O)NC3CCN(C(=O)C4CCCCC4)CC3)CC2)cc1. The highest BCUT2D eigenvalue weighted by Crippen LogP contribution is 2.26. The first-order valence-electron chi connectivity index (χ1n) is 12.3. The minimum Gasteiger partial charge on any atom is -0.370 e. The number of urea groups is 1. The van der Waals surface area contributed by atoms with Crippen LogP contribution in [-0.2, 0) is 4.79 Å². The van der Waals surface area contributed by atoms with Gasteiger partial charge in [-0.1, -0.05) is 37.0 Å².